The van der Waals surface area contributed by atoms with Crippen LogP contribution in [0.25, 0.3) is 11.6 Å². The first kappa shape index (κ1) is 29.7. The Morgan fingerprint density at radius 2 is 1.57 bits per heavy atom. The second-order valence-electron chi connectivity index (χ2n) is 12.2. The molecule has 46 heavy (non-hydrogen) atoms. The van der Waals surface area contributed by atoms with Crippen LogP contribution < -0.4 is 10.2 Å². The van der Waals surface area contributed by atoms with Crippen LogP contribution in [0.4, 0.5) is 17.1 Å². The molecule has 3 aliphatic rings. The monoisotopic (exact) mass is 612 g/mol. The van der Waals surface area contributed by atoms with Gasteiger partial charge in [-0.3, -0.25) is 14.5 Å². The fourth-order valence-corrected chi connectivity index (χ4v) is 7.31. The number of carbonyl (C=O) groups excluding carboxylic acids is 2. The van der Waals surface area contributed by atoms with E-state index in [-0.39, 0.29) is 36.2 Å². The highest BCUT2D eigenvalue weighted by molar-refractivity contribution is 6.22. The van der Waals surface area contributed by atoms with Crippen molar-refractivity contribution in [1.82, 2.24) is 0 Å². The van der Waals surface area contributed by atoms with Gasteiger partial charge in [0.05, 0.1) is 36.8 Å². The largest absolute Gasteiger partial charge is 0.508 e. The zero-order chi connectivity index (χ0) is 31.6. The van der Waals surface area contributed by atoms with Crippen LogP contribution in [0.15, 0.2) is 120 Å². The van der Waals surface area contributed by atoms with E-state index in [1.165, 1.54) is 4.90 Å². The maximum atomic E-state index is 14.0. The predicted octanol–water partition coefficient (Wildman–Crippen LogP) is 6.97. The Bertz CT molecular complexity index is 1800. The van der Waals surface area contributed by atoms with Crippen LogP contribution in [0.2, 0.25) is 0 Å². The molecule has 3 N–H and O–H groups in total. The Morgan fingerprint density at radius 1 is 0.848 bits per heavy atom. The molecule has 1 aliphatic carbocycles. The summed E-state index contributed by atoms with van der Waals surface area (Å²) in [5, 5.41) is 23.8. The number of imide groups is 1. The molecule has 7 nitrogen and oxygen atoms in total. The summed E-state index contributed by atoms with van der Waals surface area (Å²) in [4.78, 5) is 29.1. The van der Waals surface area contributed by atoms with Gasteiger partial charge in [-0.2, -0.15) is 0 Å². The van der Waals surface area contributed by atoms with Gasteiger partial charge in [-0.25, -0.2) is 0 Å². The van der Waals surface area contributed by atoms with Crippen LogP contribution >= 0.6 is 0 Å². The number of nitrogens with zero attached hydrogens (tertiary/aromatic N) is 1. The van der Waals surface area contributed by atoms with Crippen LogP contribution in [0.1, 0.15) is 30.4 Å². The summed E-state index contributed by atoms with van der Waals surface area (Å²) in [6.45, 7) is 0.176. The van der Waals surface area contributed by atoms with Crippen molar-refractivity contribution in [1.29, 1.82) is 0 Å². The molecule has 4 aromatic carbocycles. The Hall–Kier alpha value is -4.98. The molecule has 0 aromatic heterocycles. The average molecular weight is 613 g/mol. The summed E-state index contributed by atoms with van der Waals surface area (Å²) in [6, 6.07) is 34.5. The maximum Gasteiger partial charge on any atom is 0.238 e. The fourth-order valence-electron chi connectivity index (χ4n) is 7.31. The number of phenols is 1. The highest BCUT2D eigenvalue weighted by Gasteiger charge is 2.57. The number of anilines is 3. The van der Waals surface area contributed by atoms with Crippen molar-refractivity contribution in [3.05, 3.63) is 131 Å². The number of benzene rings is 4. The van der Waals surface area contributed by atoms with Gasteiger partial charge in [-0.1, -0.05) is 66.7 Å². The molecule has 0 radical (unpaired) electrons. The summed E-state index contributed by atoms with van der Waals surface area (Å²) in [7, 11) is 0. The van der Waals surface area contributed by atoms with E-state index in [2.05, 4.69) is 23.5 Å². The van der Waals surface area contributed by atoms with Crippen LogP contribution in [0.5, 0.6) is 5.75 Å². The fraction of sp³-hybridized carbons (Fsp3) is 0.231. The highest BCUT2D eigenvalue weighted by atomic mass is 16.5. The smallest absolute Gasteiger partial charge is 0.238 e. The second kappa shape index (κ2) is 12.8. The minimum absolute atomic E-state index is 0.166. The first-order valence-corrected chi connectivity index (χ1v) is 15.8. The van der Waals surface area contributed by atoms with Crippen molar-refractivity contribution in [3.8, 4) is 5.75 Å². The average Bonchev–Trinajstić information content (AvgIpc) is 3.61. The van der Waals surface area contributed by atoms with Crippen molar-refractivity contribution < 1.29 is 24.5 Å². The van der Waals surface area contributed by atoms with Gasteiger partial charge in [0.25, 0.3) is 0 Å². The molecular formula is C39H36N2O5. The molecule has 2 aliphatic heterocycles. The summed E-state index contributed by atoms with van der Waals surface area (Å²) in [5.74, 6) is -1.48. The first-order valence-electron chi connectivity index (χ1n) is 15.8. The number of para-hydroxylation sites is 1. The number of aromatic hydroxyl groups is 1. The van der Waals surface area contributed by atoms with E-state index in [4.69, 9.17) is 4.74 Å². The number of carbonyl (C=O) groups is 2. The zero-order valence-electron chi connectivity index (χ0n) is 25.4. The van der Waals surface area contributed by atoms with Crippen LogP contribution in [0.3, 0.4) is 0 Å². The van der Waals surface area contributed by atoms with E-state index in [0.29, 0.717) is 31.6 Å². The van der Waals surface area contributed by atoms with E-state index in [0.717, 1.165) is 39.2 Å². The third-order valence-corrected chi connectivity index (χ3v) is 9.42. The lowest BCUT2D eigenvalue weighted by molar-refractivity contribution is -0.122. The molecule has 2 saturated heterocycles. The van der Waals surface area contributed by atoms with E-state index in [9.17, 15) is 19.8 Å². The molecule has 2 fully saturated rings. The van der Waals surface area contributed by atoms with Crippen molar-refractivity contribution in [2.45, 2.75) is 25.4 Å². The Morgan fingerprint density at radius 3 is 2.28 bits per heavy atom. The van der Waals surface area contributed by atoms with Crippen LogP contribution in [0, 0.1) is 17.8 Å². The Balaban J connectivity index is 1.10. The number of amides is 2. The minimum Gasteiger partial charge on any atom is -0.508 e. The molecule has 0 unspecified atom stereocenters. The van der Waals surface area contributed by atoms with Crippen LogP contribution in [-0.2, 0) is 14.3 Å². The number of hydrogen-bond acceptors (Lipinski definition) is 6. The van der Waals surface area contributed by atoms with Gasteiger partial charge in [0, 0.05) is 17.3 Å². The van der Waals surface area contributed by atoms with Gasteiger partial charge < -0.3 is 20.3 Å². The second-order valence-corrected chi connectivity index (χ2v) is 12.2. The van der Waals surface area contributed by atoms with Gasteiger partial charge in [0.15, 0.2) is 0 Å². The van der Waals surface area contributed by atoms with E-state index in [1.54, 1.807) is 24.3 Å². The number of aliphatic hydroxyl groups excluding tert-OH is 1. The quantitative estimate of drug-likeness (QED) is 0.107. The van der Waals surface area contributed by atoms with Crippen molar-refractivity contribution in [2.75, 3.05) is 23.4 Å². The first-order chi connectivity index (χ1) is 22.5. The van der Waals surface area contributed by atoms with Crippen molar-refractivity contribution >= 4 is 40.5 Å². The predicted molar refractivity (Wildman–Crippen MR) is 179 cm³/mol. The van der Waals surface area contributed by atoms with Gasteiger partial charge in [-0.15, -0.1) is 0 Å². The molecule has 232 valence electrons. The SMILES string of the molecule is O=C1[C@@H]2[C@@H](CC(CO)=C3[C@@H](CC/C(=C/c4cccc(O)c4)c4ccccc4)OC[C@@H]32)C(=O)N1c1ccc(Nc2ccccc2)cc1. The maximum absolute atomic E-state index is 14.0. The summed E-state index contributed by atoms with van der Waals surface area (Å²) in [6.07, 6.45) is 3.53. The third-order valence-electron chi connectivity index (χ3n) is 9.42. The standard InChI is InChI=1S/C39H36N2O5/c42-23-28-22-33-37(39(45)41(38(33)44)31-17-15-30(16-18-31)40-29-11-5-2-6-12-29)34-24-46-35(36(28)34)19-14-27(26-9-3-1-4-10-26)20-25-8-7-13-32(43)21-25/h1-13,15-18,20-21,33-35,37,40,42-43H,14,19,22-24H2/b27-20-/t33-,34+,35-,37-/m1/s1. The molecule has 0 spiro atoms. The molecule has 7 heteroatoms. The lowest BCUT2D eigenvalue weighted by atomic mass is 9.69. The lowest BCUT2D eigenvalue weighted by Gasteiger charge is -2.31. The number of aliphatic hydroxyl groups is 1. The number of hydrogen-bond donors (Lipinski definition) is 3. The summed E-state index contributed by atoms with van der Waals surface area (Å²) in [5.41, 5.74) is 7.24. The molecule has 2 amide bonds. The highest BCUT2D eigenvalue weighted by Crippen LogP contribution is 2.50. The molecule has 0 saturated carbocycles. The van der Waals surface area contributed by atoms with E-state index < -0.39 is 11.8 Å². The Kier molecular flexibility index (Phi) is 8.26. The van der Waals surface area contributed by atoms with Crippen molar-refractivity contribution in [3.63, 3.8) is 0 Å². The zero-order valence-corrected chi connectivity index (χ0v) is 25.4. The normalized spacial score (nSPS) is 22.6. The van der Waals surface area contributed by atoms with E-state index >= 15 is 0 Å². The number of ether oxygens (including phenoxy) is 1. The molecule has 4 atom stereocenters. The minimum atomic E-state index is -0.515. The third kappa shape index (κ3) is 5.75. The number of phenolic OH excluding ortho intramolecular Hbond substituents is 1. The summed E-state index contributed by atoms with van der Waals surface area (Å²) < 4.78 is 6.37. The van der Waals surface area contributed by atoms with Crippen LogP contribution in [-0.4, -0.2) is 41.3 Å². The van der Waals surface area contributed by atoms with Gasteiger partial charge in [0.2, 0.25) is 11.8 Å². The van der Waals surface area contributed by atoms with Gasteiger partial charge in [0.1, 0.15) is 5.75 Å². The molecule has 4 aromatic rings. The molecule has 7 rings (SSSR count). The summed E-state index contributed by atoms with van der Waals surface area (Å²) >= 11 is 0. The molecule has 0 bridgehead atoms. The number of nitrogens with one attached hydrogen (secondary N) is 1. The van der Waals surface area contributed by atoms with Crippen molar-refractivity contribution in [2.24, 2.45) is 17.8 Å². The lowest BCUT2D eigenvalue weighted by Crippen LogP contribution is -2.35. The topological polar surface area (TPSA) is 99.1 Å². The number of rotatable bonds is 9. The number of fused-ring (bicyclic) bond motifs is 3. The number of allylic oxidation sites excluding steroid dienone is 1. The Labute approximate surface area is 268 Å². The molecular weight excluding hydrogens is 576 g/mol. The van der Waals surface area contributed by atoms with Gasteiger partial charge in [-0.05, 0) is 95.6 Å². The van der Waals surface area contributed by atoms with E-state index in [1.807, 2.05) is 72.8 Å². The molecule has 2 heterocycles. The van der Waals surface area contributed by atoms with Gasteiger partial charge >= 0.3 is 0 Å².